The number of hydrogen-bond acceptors (Lipinski definition) is 8. The van der Waals surface area contributed by atoms with Crippen LogP contribution in [0.4, 0.5) is 0 Å². The number of fused-ring (bicyclic) bond motifs is 1. The minimum absolute atomic E-state index is 0.201. The van der Waals surface area contributed by atoms with Gasteiger partial charge in [0.25, 0.3) is 5.19 Å². The molecule has 6 nitrogen and oxygen atoms in total. The molecule has 0 aromatic carbocycles. The molecule has 2 aromatic rings. The molecule has 1 aliphatic carbocycles. The molecule has 0 amide bonds. The van der Waals surface area contributed by atoms with Gasteiger partial charge in [-0.25, -0.2) is 9.97 Å². The van der Waals surface area contributed by atoms with Gasteiger partial charge in [-0.2, -0.15) is 0 Å². The number of aromatic nitrogens is 2. The zero-order chi connectivity index (χ0) is 22.6. The number of thiazole rings is 2. The molecular formula is C25H35N3O3S2. The molecule has 0 N–H and O–H groups in total. The Bertz CT molecular complexity index is 906. The van der Waals surface area contributed by atoms with Crippen LogP contribution < -0.4 is 4.74 Å². The normalized spacial score (nSPS) is 24.2. The molecule has 0 spiro atoms. The van der Waals surface area contributed by atoms with Gasteiger partial charge in [0.15, 0.2) is 0 Å². The largest absolute Gasteiger partial charge is 0.462 e. The number of ether oxygens (including phenoxy) is 2. The van der Waals surface area contributed by atoms with E-state index >= 15 is 0 Å². The molecule has 180 valence electrons. The van der Waals surface area contributed by atoms with Crippen molar-refractivity contribution >= 4 is 28.5 Å². The van der Waals surface area contributed by atoms with Gasteiger partial charge in [-0.05, 0) is 51.0 Å². The number of Topliss-reactive ketones (excluding diaryl/α,β-unsaturated/α-hetero) is 1. The molecule has 3 aliphatic rings. The smallest absolute Gasteiger partial charge is 0.274 e. The quantitative estimate of drug-likeness (QED) is 0.517. The topological polar surface area (TPSA) is 64.6 Å². The molecule has 0 radical (unpaired) electrons. The lowest BCUT2D eigenvalue weighted by atomic mass is 9.78. The summed E-state index contributed by atoms with van der Waals surface area (Å²) in [5.74, 6) is 1.80. The highest BCUT2D eigenvalue weighted by Gasteiger charge is 2.26. The minimum atomic E-state index is 0.201. The Morgan fingerprint density at radius 3 is 2.67 bits per heavy atom. The lowest BCUT2D eigenvalue weighted by Crippen LogP contribution is -2.38. The molecule has 0 bridgehead atoms. The van der Waals surface area contributed by atoms with Crippen LogP contribution >= 0.6 is 22.7 Å². The van der Waals surface area contributed by atoms with Gasteiger partial charge in [-0.3, -0.25) is 4.79 Å². The zero-order valence-electron chi connectivity index (χ0n) is 19.6. The highest BCUT2D eigenvalue weighted by Crippen LogP contribution is 2.34. The third-order valence-electron chi connectivity index (χ3n) is 7.33. The number of rotatable bonds is 9. The molecule has 1 saturated carbocycles. The summed E-state index contributed by atoms with van der Waals surface area (Å²) in [6, 6.07) is 0. The molecule has 0 unspecified atom stereocenters. The van der Waals surface area contributed by atoms with Crippen molar-refractivity contribution in [2.24, 2.45) is 11.8 Å². The first kappa shape index (κ1) is 23.4. The van der Waals surface area contributed by atoms with Crippen LogP contribution in [0.3, 0.4) is 0 Å². The molecule has 2 fully saturated rings. The van der Waals surface area contributed by atoms with E-state index in [1.165, 1.54) is 49.2 Å². The van der Waals surface area contributed by atoms with Crippen molar-refractivity contribution in [3.05, 3.63) is 26.7 Å². The number of nitrogens with zero attached hydrogens (tertiary/aromatic N) is 3. The van der Waals surface area contributed by atoms with Crippen LogP contribution in [0.2, 0.25) is 0 Å². The minimum Gasteiger partial charge on any atom is -0.462 e. The highest BCUT2D eigenvalue weighted by molar-refractivity contribution is 7.13. The fourth-order valence-electron chi connectivity index (χ4n) is 5.25. The van der Waals surface area contributed by atoms with Crippen LogP contribution in [0.25, 0.3) is 0 Å². The van der Waals surface area contributed by atoms with E-state index in [0.717, 1.165) is 53.3 Å². The average Bonchev–Trinajstić information content (AvgIpc) is 3.31. The predicted octanol–water partition coefficient (Wildman–Crippen LogP) is 4.48. The summed E-state index contributed by atoms with van der Waals surface area (Å²) in [7, 11) is 0. The van der Waals surface area contributed by atoms with Crippen molar-refractivity contribution in [1.82, 2.24) is 14.9 Å². The van der Waals surface area contributed by atoms with Crippen LogP contribution in [0.1, 0.15) is 59.0 Å². The summed E-state index contributed by atoms with van der Waals surface area (Å²) in [4.78, 5) is 26.6. The first-order valence-electron chi connectivity index (χ1n) is 12.5. The molecule has 2 aromatic heterocycles. The van der Waals surface area contributed by atoms with Crippen molar-refractivity contribution in [1.29, 1.82) is 0 Å². The van der Waals surface area contributed by atoms with Crippen LogP contribution in [-0.2, 0) is 28.8 Å². The second-order valence-electron chi connectivity index (χ2n) is 9.91. The molecule has 2 aliphatic heterocycles. The van der Waals surface area contributed by atoms with Gasteiger partial charge >= 0.3 is 0 Å². The third kappa shape index (κ3) is 6.41. The Morgan fingerprint density at radius 1 is 1.15 bits per heavy atom. The number of hydrogen-bond donors (Lipinski definition) is 0. The summed E-state index contributed by atoms with van der Waals surface area (Å²) in [5.41, 5.74) is 1.25. The maximum absolute atomic E-state index is 12.5. The Labute approximate surface area is 204 Å². The summed E-state index contributed by atoms with van der Waals surface area (Å²) in [5, 5.41) is 1.88. The maximum Gasteiger partial charge on any atom is 0.274 e. The Hall–Kier alpha value is -1.35. The van der Waals surface area contributed by atoms with Crippen molar-refractivity contribution in [3.8, 4) is 5.19 Å². The van der Waals surface area contributed by atoms with E-state index in [4.69, 9.17) is 14.5 Å². The van der Waals surface area contributed by atoms with Crippen molar-refractivity contribution < 1.29 is 14.3 Å². The molecule has 8 heteroatoms. The van der Waals surface area contributed by atoms with E-state index in [1.807, 2.05) is 13.1 Å². The SMILES string of the molecule is Cc1ncc(CC(=O)CC2CCC(CCN3CCc4nc(OC5COC5)sc4CC3)CC2)s1. The van der Waals surface area contributed by atoms with E-state index in [0.29, 0.717) is 31.3 Å². The highest BCUT2D eigenvalue weighted by atomic mass is 32.1. The number of aryl methyl sites for hydroxylation is 1. The van der Waals surface area contributed by atoms with Gasteiger partial charge in [0.1, 0.15) is 11.9 Å². The molecule has 4 heterocycles. The monoisotopic (exact) mass is 489 g/mol. The number of carbonyl (C=O) groups excluding carboxylic acids is 1. The first-order chi connectivity index (χ1) is 16.1. The summed E-state index contributed by atoms with van der Waals surface area (Å²) in [6.07, 6.45) is 11.8. The van der Waals surface area contributed by atoms with Gasteiger partial charge in [0.05, 0.1) is 23.9 Å². The molecule has 0 atom stereocenters. The van der Waals surface area contributed by atoms with Crippen LogP contribution in [-0.4, -0.2) is 59.6 Å². The third-order valence-corrected chi connectivity index (χ3v) is 9.29. The summed E-state index contributed by atoms with van der Waals surface area (Å²) >= 11 is 3.39. The fraction of sp³-hybridized carbons (Fsp3) is 0.720. The maximum atomic E-state index is 12.5. The zero-order valence-corrected chi connectivity index (χ0v) is 21.2. The number of ketones is 1. The van der Waals surface area contributed by atoms with Crippen molar-refractivity contribution in [3.63, 3.8) is 0 Å². The van der Waals surface area contributed by atoms with Gasteiger partial charge < -0.3 is 14.4 Å². The van der Waals surface area contributed by atoms with Gasteiger partial charge in [-0.1, -0.05) is 24.2 Å². The van der Waals surface area contributed by atoms with E-state index < -0.39 is 0 Å². The molecule has 1 saturated heterocycles. The lowest BCUT2D eigenvalue weighted by Gasteiger charge is -2.30. The second-order valence-corrected chi connectivity index (χ2v) is 12.3. The van der Waals surface area contributed by atoms with Gasteiger partial charge in [0, 0.05) is 48.3 Å². The van der Waals surface area contributed by atoms with E-state index in [1.54, 1.807) is 22.7 Å². The lowest BCUT2D eigenvalue weighted by molar-refractivity contribution is -0.119. The molecule has 5 rings (SSSR count). The van der Waals surface area contributed by atoms with Gasteiger partial charge in [-0.15, -0.1) is 11.3 Å². The first-order valence-corrected chi connectivity index (χ1v) is 14.1. The van der Waals surface area contributed by atoms with E-state index in [-0.39, 0.29) is 6.10 Å². The summed E-state index contributed by atoms with van der Waals surface area (Å²) < 4.78 is 11.1. The standard InChI is InChI=1S/C25H35N3O3S2/c1-17-26-14-22(32-17)13-20(29)12-19-4-2-18(3-5-19)6-9-28-10-7-23-24(8-11-28)33-25(27-23)31-21-15-30-16-21/h14,18-19,21H,2-13,15-16H2,1H3. The van der Waals surface area contributed by atoms with Gasteiger partial charge in [0.2, 0.25) is 0 Å². The number of carbonyl (C=O) groups is 1. The van der Waals surface area contributed by atoms with Crippen molar-refractivity contribution in [2.45, 2.75) is 70.8 Å². The molecule has 33 heavy (non-hydrogen) atoms. The van der Waals surface area contributed by atoms with E-state index in [2.05, 4.69) is 9.88 Å². The van der Waals surface area contributed by atoms with Crippen LogP contribution in [0, 0.1) is 18.8 Å². The van der Waals surface area contributed by atoms with Crippen LogP contribution in [0.5, 0.6) is 5.19 Å². The van der Waals surface area contributed by atoms with E-state index in [9.17, 15) is 4.79 Å². The predicted molar refractivity (Wildman–Crippen MR) is 131 cm³/mol. The van der Waals surface area contributed by atoms with Crippen molar-refractivity contribution in [2.75, 3.05) is 32.8 Å². The fourth-order valence-corrected chi connectivity index (χ4v) is 7.08. The Kier molecular flexibility index (Phi) is 7.75. The van der Waals surface area contributed by atoms with Crippen LogP contribution in [0.15, 0.2) is 6.20 Å². The Balaban J connectivity index is 0.991. The average molecular weight is 490 g/mol. The molecular weight excluding hydrogens is 454 g/mol. The summed E-state index contributed by atoms with van der Waals surface area (Å²) in [6.45, 7) is 6.81. The Morgan fingerprint density at radius 2 is 1.94 bits per heavy atom. The second kappa shape index (κ2) is 10.9.